The number of halogens is 3. The third-order valence-corrected chi connectivity index (χ3v) is 12.2. The quantitative estimate of drug-likeness (QED) is 0.0547. The molecule has 4 aromatic rings. The molecule has 0 saturated carbocycles. The molecule has 2 N–H and O–H groups in total. The number of esters is 1. The van der Waals surface area contributed by atoms with Gasteiger partial charge in [0.25, 0.3) is 0 Å². The maximum Gasteiger partial charge on any atom is 0.408 e. The molecule has 7 rings (SSSR count). The van der Waals surface area contributed by atoms with Crippen LogP contribution in [0.1, 0.15) is 59.4 Å². The average molecular weight is 884 g/mol. The Morgan fingerprint density at radius 2 is 1.53 bits per heavy atom. The van der Waals surface area contributed by atoms with Gasteiger partial charge in [0.1, 0.15) is 37.7 Å². The lowest BCUT2D eigenvalue weighted by Crippen LogP contribution is -2.55. The summed E-state index contributed by atoms with van der Waals surface area (Å²) in [7, 11) is 0. The van der Waals surface area contributed by atoms with Crippen LogP contribution in [-0.4, -0.2) is 72.7 Å². The fourth-order valence-electron chi connectivity index (χ4n) is 7.67. The molecule has 312 valence electrons. The second-order valence-electron chi connectivity index (χ2n) is 14.6. The van der Waals surface area contributed by atoms with Crippen molar-refractivity contribution in [1.29, 1.82) is 0 Å². The molecule has 1 fully saturated rings. The van der Waals surface area contributed by atoms with Crippen molar-refractivity contribution in [3.63, 3.8) is 0 Å². The van der Waals surface area contributed by atoms with Gasteiger partial charge >= 0.3 is 12.1 Å². The van der Waals surface area contributed by atoms with Crippen LogP contribution in [0.2, 0.25) is 0 Å². The molecule has 11 nitrogen and oxygen atoms in total. The van der Waals surface area contributed by atoms with Crippen molar-refractivity contribution >= 4 is 58.6 Å². The standard InChI is InChI=1S/C44H45Cl3N2O9S/c1-5-21-52-36-27(2)37-39(56-26-55-37)34-31(48-32-23-57-42(3,4)58-38(32)35(34)36)22-53-40(50)33(49-41(51)54-25-43(45,46)47)24-59-44(28-15-9-6-10-16-28,29-17-11-7-12-18-29)30-19-13-8-14-20-30/h5-20,31-33,38,48H,1,21-26H2,2-4H3,(H,49,51)/t31-,32+,33-,38-/m0/s1. The van der Waals surface area contributed by atoms with Crippen molar-refractivity contribution in [2.75, 3.05) is 39.0 Å². The smallest absolute Gasteiger partial charge is 0.408 e. The Balaban J connectivity index is 1.23. The van der Waals surface area contributed by atoms with Crippen LogP contribution in [0, 0.1) is 6.92 Å². The lowest BCUT2D eigenvalue weighted by Gasteiger charge is -2.47. The van der Waals surface area contributed by atoms with E-state index in [1.807, 2.05) is 112 Å². The predicted molar refractivity (Wildman–Crippen MR) is 228 cm³/mol. The van der Waals surface area contributed by atoms with Gasteiger partial charge in [-0.25, -0.2) is 9.59 Å². The van der Waals surface area contributed by atoms with Crippen LogP contribution in [0.5, 0.6) is 17.2 Å². The van der Waals surface area contributed by atoms with Crippen LogP contribution in [0.25, 0.3) is 0 Å². The fourth-order valence-corrected chi connectivity index (χ4v) is 9.38. The predicted octanol–water partition coefficient (Wildman–Crippen LogP) is 8.86. The lowest BCUT2D eigenvalue weighted by atomic mass is 9.84. The highest BCUT2D eigenvalue weighted by molar-refractivity contribution is 8.00. The third-order valence-electron chi connectivity index (χ3n) is 10.2. The number of fused-ring (bicyclic) bond motifs is 5. The molecule has 15 heteroatoms. The van der Waals surface area contributed by atoms with Crippen molar-refractivity contribution in [3.05, 3.63) is 137 Å². The number of carbonyl (C=O) groups is 2. The number of thioether (sulfide) groups is 1. The van der Waals surface area contributed by atoms with E-state index in [0.29, 0.717) is 29.4 Å². The minimum atomic E-state index is -1.87. The summed E-state index contributed by atoms with van der Waals surface area (Å²) in [4.78, 5) is 27.8. The SMILES string of the molecule is C=CCOc1c(C)c2c(c3c1[C@H]1OC(C)(C)OC[C@H]1N[C@H]3COC(=O)[C@H](CSC(c1ccccc1)(c1ccccc1)c1ccccc1)NC(=O)OCC(Cl)(Cl)Cl)OCO2. The van der Waals surface area contributed by atoms with Gasteiger partial charge in [-0.05, 0) is 37.5 Å². The summed E-state index contributed by atoms with van der Waals surface area (Å²) in [5.41, 5.74) is 5.06. The van der Waals surface area contributed by atoms with Gasteiger partial charge in [-0.1, -0.05) is 138 Å². The molecule has 1 saturated heterocycles. The van der Waals surface area contributed by atoms with E-state index in [1.54, 1.807) is 6.08 Å². The fraction of sp³-hybridized carbons (Fsp3) is 0.364. The molecule has 59 heavy (non-hydrogen) atoms. The molecular formula is C44H45Cl3N2O9S. The third kappa shape index (κ3) is 9.44. The molecule has 3 heterocycles. The van der Waals surface area contributed by atoms with Gasteiger partial charge in [-0.3, -0.25) is 5.32 Å². The van der Waals surface area contributed by atoms with Crippen LogP contribution in [0.15, 0.2) is 104 Å². The topological polar surface area (TPSA) is 123 Å². The molecule has 0 aromatic heterocycles. The Kier molecular flexibility index (Phi) is 13.3. The molecule has 3 aliphatic heterocycles. The molecule has 0 bridgehead atoms. The molecule has 3 aliphatic rings. The number of alkyl carbamates (subject to hydrolysis) is 1. The summed E-state index contributed by atoms with van der Waals surface area (Å²) >= 11 is 19.2. The van der Waals surface area contributed by atoms with Crippen molar-refractivity contribution in [3.8, 4) is 17.2 Å². The molecule has 0 aliphatic carbocycles. The summed E-state index contributed by atoms with van der Waals surface area (Å²) in [6.45, 7) is 9.25. The van der Waals surface area contributed by atoms with E-state index in [4.69, 9.17) is 68.0 Å². The summed E-state index contributed by atoms with van der Waals surface area (Å²) in [6, 6.07) is 27.7. The summed E-state index contributed by atoms with van der Waals surface area (Å²) in [5, 5.41) is 6.27. The first-order valence-corrected chi connectivity index (χ1v) is 21.2. The zero-order valence-electron chi connectivity index (χ0n) is 32.7. The second-order valence-corrected chi connectivity index (χ2v) is 18.4. The molecule has 0 radical (unpaired) electrons. The molecule has 0 unspecified atom stereocenters. The average Bonchev–Trinajstić information content (AvgIpc) is 3.73. The van der Waals surface area contributed by atoms with Crippen LogP contribution < -0.4 is 24.8 Å². The van der Waals surface area contributed by atoms with Gasteiger partial charge in [-0.2, -0.15) is 0 Å². The highest BCUT2D eigenvalue weighted by Crippen LogP contribution is 2.55. The molecule has 1 amide bonds. The Bertz CT molecular complexity index is 2030. The number of carbonyl (C=O) groups excluding carboxylic acids is 2. The van der Waals surface area contributed by atoms with E-state index in [0.717, 1.165) is 27.8 Å². The monoisotopic (exact) mass is 882 g/mol. The number of hydrogen-bond donors (Lipinski definition) is 2. The lowest BCUT2D eigenvalue weighted by molar-refractivity contribution is -0.288. The summed E-state index contributed by atoms with van der Waals surface area (Å²) in [6.07, 6.45) is 0.193. The van der Waals surface area contributed by atoms with E-state index in [-0.39, 0.29) is 31.8 Å². The normalized spacial score (nSPS) is 19.7. The molecule has 4 atom stereocenters. The number of nitrogens with one attached hydrogen (secondary N) is 2. The van der Waals surface area contributed by atoms with Crippen LogP contribution in [-0.2, 0) is 28.5 Å². The number of hydrogen-bond acceptors (Lipinski definition) is 11. The minimum Gasteiger partial charge on any atom is -0.489 e. The number of rotatable bonds is 14. The van der Waals surface area contributed by atoms with E-state index >= 15 is 0 Å². The van der Waals surface area contributed by atoms with E-state index in [9.17, 15) is 9.59 Å². The van der Waals surface area contributed by atoms with Gasteiger partial charge in [0, 0.05) is 22.4 Å². The van der Waals surface area contributed by atoms with E-state index in [2.05, 4.69) is 17.2 Å². The second kappa shape index (κ2) is 18.2. The number of benzene rings is 4. The van der Waals surface area contributed by atoms with E-state index in [1.165, 1.54) is 11.8 Å². The van der Waals surface area contributed by atoms with E-state index < -0.39 is 51.2 Å². The van der Waals surface area contributed by atoms with Gasteiger partial charge in [0.2, 0.25) is 10.6 Å². The Morgan fingerprint density at radius 3 is 2.10 bits per heavy atom. The first kappa shape index (κ1) is 43.0. The zero-order valence-corrected chi connectivity index (χ0v) is 35.8. The summed E-state index contributed by atoms with van der Waals surface area (Å²) in [5.74, 6) is 0.0238. The van der Waals surface area contributed by atoms with Gasteiger partial charge in [0.15, 0.2) is 17.3 Å². The van der Waals surface area contributed by atoms with Crippen molar-refractivity contribution < 1.29 is 42.7 Å². The first-order chi connectivity index (χ1) is 28.3. The van der Waals surface area contributed by atoms with Crippen molar-refractivity contribution in [2.24, 2.45) is 0 Å². The number of alkyl halides is 3. The van der Waals surface area contributed by atoms with Crippen molar-refractivity contribution in [2.45, 2.75) is 59.3 Å². The highest BCUT2D eigenvalue weighted by Gasteiger charge is 2.48. The Hall–Kier alpha value is -4.14. The Labute approximate surface area is 362 Å². The molecular weight excluding hydrogens is 839 g/mol. The number of amides is 1. The maximum absolute atomic E-state index is 14.5. The van der Waals surface area contributed by atoms with Gasteiger partial charge in [-0.15, -0.1) is 11.8 Å². The summed E-state index contributed by atoms with van der Waals surface area (Å²) < 4.78 is 39.6. The minimum absolute atomic E-state index is 0.00486. The van der Waals surface area contributed by atoms with Gasteiger partial charge in [0.05, 0.1) is 23.4 Å². The largest absolute Gasteiger partial charge is 0.489 e. The van der Waals surface area contributed by atoms with Crippen LogP contribution in [0.3, 0.4) is 0 Å². The van der Waals surface area contributed by atoms with Gasteiger partial charge < -0.3 is 38.5 Å². The van der Waals surface area contributed by atoms with Crippen LogP contribution >= 0.6 is 46.6 Å². The maximum atomic E-state index is 14.5. The van der Waals surface area contributed by atoms with Crippen LogP contribution in [0.4, 0.5) is 4.79 Å². The molecule has 0 spiro atoms. The Morgan fingerprint density at radius 1 is 0.932 bits per heavy atom. The highest BCUT2D eigenvalue weighted by atomic mass is 35.6. The van der Waals surface area contributed by atoms with Crippen molar-refractivity contribution in [1.82, 2.24) is 10.6 Å². The molecule has 4 aromatic carbocycles. The zero-order chi connectivity index (χ0) is 41.8. The number of ether oxygens (including phenoxy) is 7. The first-order valence-electron chi connectivity index (χ1n) is 19.1.